The zero-order valence-electron chi connectivity index (χ0n) is 11.3. The average molecular weight is 290 g/mol. The van der Waals surface area contributed by atoms with Crippen molar-refractivity contribution in [3.63, 3.8) is 0 Å². The molecule has 0 aliphatic carbocycles. The number of thiophene rings is 1. The van der Waals surface area contributed by atoms with Crippen molar-refractivity contribution in [3.05, 3.63) is 21.9 Å². The van der Waals surface area contributed by atoms with Crippen molar-refractivity contribution in [2.75, 3.05) is 19.7 Å². The van der Waals surface area contributed by atoms with Gasteiger partial charge in [0.05, 0.1) is 0 Å². The molecule has 0 bridgehead atoms. The van der Waals surface area contributed by atoms with Gasteiger partial charge >= 0.3 is 0 Å². The lowest BCUT2D eigenvalue weighted by molar-refractivity contribution is 0.0933. The smallest absolute Gasteiger partial charge is 0.262 e. The van der Waals surface area contributed by atoms with Gasteiger partial charge in [-0.3, -0.25) is 9.69 Å². The van der Waals surface area contributed by atoms with Crippen LogP contribution in [0.3, 0.4) is 0 Å². The van der Waals surface area contributed by atoms with Gasteiger partial charge in [0.1, 0.15) is 11.5 Å². The molecule has 5 heteroatoms. The fourth-order valence-corrected chi connectivity index (χ4v) is 3.96. The molecule has 0 saturated carbocycles. The monoisotopic (exact) mass is 290 g/mol. The first-order valence-electron chi connectivity index (χ1n) is 7.01. The summed E-state index contributed by atoms with van der Waals surface area (Å²) in [5, 5.41) is 13.8. The standard InChI is InChI=1S/C15H18N2O2S/c18-9-2-3-11-6-10-20-14(11)15(19)16-12-5-8-17-7-1-4-13(12)17/h6,10,12-13,18H,1,4-5,7-9H2,(H,16,19). The van der Waals surface area contributed by atoms with Crippen LogP contribution in [0.25, 0.3) is 0 Å². The van der Waals surface area contributed by atoms with E-state index in [4.69, 9.17) is 5.11 Å². The maximum Gasteiger partial charge on any atom is 0.262 e. The number of aliphatic hydroxyl groups excluding tert-OH is 1. The maximum atomic E-state index is 12.4. The highest BCUT2D eigenvalue weighted by molar-refractivity contribution is 7.12. The highest BCUT2D eigenvalue weighted by atomic mass is 32.1. The molecule has 2 N–H and O–H groups in total. The number of hydrogen-bond donors (Lipinski definition) is 2. The number of aliphatic hydroxyl groups is 1. The largest absolute Gasteiger partial charge is 0.384 e. The van der Waals surface area contributed by atoms with E-state index >= 15 is 0 Å². The van der Waals surface area contributed by atoms with Gasteiger partial charge in [-0.05, 0) is 37.3 Å². The van der Waals surface area contributed by atoms with Crippen LogP contribution >= 0.6 is 11.3 Å². The summed E-state index contributed by atoms with van der Waals surface area (Å²) in [7, 11) is 0. The summed E-state index contributed by atoms with van der Waals surface area (Å²) in [5.74, 6) is 5.41. The molecule has 2 aliphatic rings. The SMILES string of the molecule is O=C(NC1CCN2CCCC12)c1sccc1C#CCO. The van der Waals surface area contributed by atoms with Gasteiger partial charge in [0.2, 0.25) is 0 Å². The lowest BCUT2D eigenvalue weighted by Gasteiger charge is -2.21. The first-order chi connectivity index (χ1) is 9.79. The molecular formula is C15H18N2O2S. The van der Waals surface area contributed by atoms with E-state index in [1.807, 2.05) is 11.4 Å². The molecule has 3 rings (SSSR count). The van der Waals surface area contributed by atoms with Crippen LogP contribution in [0.5, 0.6) is 0 Å². The Morgan fingerprint density at radius 3 is 3.25 bits per heavy atom. The van der Waals surface area contributed by atoms with Crippen molar-refractivity contribution in [1.29, 1.82) is 0 Å². The van der Waals surface area contributed by atoms with E-state index in [9.17, 15) is 4.79 Å². The first-order valence-corrected chi connectivity index (χ1v) is 7.89. The van der Waals surface area contributed by atoms with E-state index in [1.165, 1.54) is 30.7 Å². The first kappa shape index (κ1) is 13.6. The number of fused-ring (bicyclic) bond motifs is 1. The van der Waals surface area contributed by atoms with Gasteiger partial charge in [-0.25, -0.2) is 0 Å². The third-order valence-electron chi connectivity index (χ3n) is 4.10. The Labute approximate surface area is 122 Å². The highest BCUT2D eigenvalue weighted by Gasteiger charge is 2.38. The summed E-state index contributed by atoms with van der Waals surface area (Å²) in [6.07, 6.45) is 3.47. The molecule has 2 aliphatic heterocycles. The zero-order valence-corrected chi connectivity index (χ0v) is 12.1. The Bertz CT molecular complexity index is 558. The van der Waals surface area contributed by atoms with Crippen LogP contribution in [0.2, 0.25) is 0 Å². The summed E-state index contributed by atoms with van der Waals surface area (Å²) in [5.41, 5.74) is 0.711. The number of rotatable bonds is 2. The van der Waals surface area contributed by atoms with Gasteiger partial charge < -0.3 is 10.4 Å². The van der Waals surface area contributed by atoms with E-state index < -0.39 is 0 Å². The summed E-state index contributed by atoms with van der Waals surface area (Å²) >= 11 is 1.41. The molecule has 1 amide bonds. The fraction of sp³-hybridized carbons (Fsp3) is 0.533. The van der Waals surface area contributed by atoms with Gasteiger partial charge in [-0.2, -0.15) is 0 Å². The molecule has 1 aromatic rings. The second kappa shape index (κ2) is 5.96. The van der Waals surface area contributed by atoms with E-state index in [1.54, 1.807) is 0 Å². The van der Waals surface area contributed by atoms with Gasteiger partial charge in [-0.15, -0.1) is 11.3 Å². The lowest BCUT2D eigenvalue weighted by atomic mass is 10.1. The molecule has 2 atom stereocenters. The van der Waals surface area contributed by atoms with Gasteiger partial charge in [0.15, 0.2) is 0 Å². The van der Waals surface area contributed by atoms with Gasteiger partial charge in [-0.1, -0.05) is 11.8 Å². The van der Waals surface area contributed by atoms with Crippen LogP contribution in [0.1, 0.15) is 34.5 Å². The van der Waals surface area contributed by atoms with E-state index in [0.29, 0.717) is 16.5 Å². The number of carbonyl (C=O) groups is 1. The second-order valence-electron chi connectivity index (χ2n) is 5.24. The predicted octanol–water partition coefficient (Wildman–Crippen LogP) is 1.06. The molecule has 0 radical (unpaired) electrons. The molecule has 2 unspecified atom stereocenters. The van der Waals surface area contributed by atoms with Crippen LogP contribution in [0.15, 0.2) is 11.4 Å². The average Bonchev–Trinajstić information content (AvgIpc) is 3.13. The number of amides is 1. The minimum atomic E-state index is -0.184. The number of hydrogen-bond acceptors (Lipinski definition) is 4. The number of nitrogens with one attached hydrogen (secondary N) is 1. The maximum absolute atomic E-state index is 12.4. The Hall–Kier alpha value is -1.35. The summed E-state index contributed by atoms with van der Waals surface area (Å²) in [4.78, 5) is 15.5. The Balaban J connectivity index is 1.69. The lowest BCUT2D eigenvalue weighted by Crippen LogP contribution is -2.42. The third kappa shape index (κ3) is 2.59. The molecule has 1 aromatic heterocycles. The van der Waals surface area contributed by atoms with Crippen molar-refractivity contribution < 1.29 is 9.90 Å². The van der Waals surface area contributed by atoms with Crippen LogP contribution in [-0.4, -0.2) is 47.7 Å². The molecule has 2 saturated heterocycles. The molecule has 0 spiro atoms. The molecule has 0 aromatic carbocycles. The van der Waals surface area contributed by atoms with Crippen LogP contribution in [0.4, 0.5) is 0 Å². The van der Waals surface area contributed by atoms with Crippen molar-refractivity contribution in [2.45, 2.75) is 31.3 Å². The van der Waals surface area contributed by atoms with Crippen LogP contribution in [-0.2, 0) is 0 Å². The Morgan fingerprint density at radius 1 is 1.50 bits per heavy atom. The summed E-state index contributed by atoms with van der Waals surface area (Å²) in [6, 6.07) is 2.62. The zero-order chi connectivity index (χ0) is 13.9. The Kier molecular flexibility index (Phi) is 4.06. The molecule has 2 fully saturated rings. The highest BCUT2D eigenvalue weighted by Crippen LogP contribution is 2.28. The predicted molar refractivity (Wildman–Crippen MR) is 78.7 cm³/mol. The third-order valence-corrected chi connectivity index (χ3v) is 5.01. The summed E-state index contributed by atoms with van der Waals surface area (Å²) in [6.45, 7) is 2.08. The van der Waals surface area contributed by atoms with Crippen LogP contribution < -0.4 is 5.32 Å². The molecule has 106 valence electrons. The number of nitrogens with zero attached hydrogens (tertiary/aromatic N) is 1. The molecular weight excluding hydrogens is 272 g/mol. The van der Waals surface area contributed by atoms with Gasteiger partial charge in [0.25, 0.3) is 5.91 Å². The topological polar surface area (TPSA) is 52.6 Å². The van der Waals surface area contributed by atoms with Crippen molar-refractivity contribution in [2.24, 2.45) is 0 Å². The van der Waals surface area contributed by atoms with E-state index in [0.717, 1.165) is 13.0 Å². The van der Waals surface area contributed by atoms with E-state index in [2.05, 4.69) is 22.1 Å². The van der Waals surface area contributed by atoms with Crippen molar-refractivity contribution >= 4 is 17.2 Å². The minimum absolute atomic E-state index is 0.0269. The molecule has 3 heterocycles. The van der Waals surface area contributed by atoms with Crippen molar-refractivity contribution in [1.82, 2.24) is 10.2 Å². The normalized spacial score (nSPS) is 25.1. The fourth-order valence-electron chi connectivity index (χ4n) is 3.20. The molecule has 20 heavy (non-hydrogen) atoms. The van der Waals surface area contributed by atoms with Gasteiger partial charge in [0, 0.05) is 24.2 Å². The van der Waals surface area contributed by atoms with Crippen molar-refractivity contribution in [3.8, 4) is 11.8 Å². The number of carbonyl (C=O) groups excluding carboxylic acids is 1. The van der Waals surface area contributed by atoms with E-state index in [-0.39, 0.29) is 18.6 Å². The molecule has 4 nitrogen and oxygen atoms in total. The Morgan fingerprint density at radius 2 is 2.40 bits per heavy atom. The second-order valence-corrected chi connectivity index (χ2v) is 6.15. The summed E-state index contributed by atoms with van der Waals surface area (Å²) < 4.78 is 0. The van der Waals surface area contributed by atoms with Crippen LogP contribution in [0, 0.1) is 11.8 Å². The quantitative estimate of drug-likeness (QED) is 0.801. The minimum Gasteiger partial charge on any atom is -0.384 e.